The second-order valence-corrected chi connectivity index (χ2v) is 6.99. The highest BCUT2D eigenvalue weighted by Crippen LogP contribution is 2.21. The molecule has 2 aromatic carbocycles. The van der Waals surface area contributed by atoms with Crippen molar-refractivity contribution >= 4 is 11.9 Å². The van der Waals surface area contributed by atoms with Gasteiger partial charge in [-0.3, -0.25) is 4.79 Å². The third kappa shape index (κ3) is 4.17. The summed E-state index contributed by atoms with van der Waals surface area (Å²) in [5.41, 5.74) is 2.09. The highest BCUT2D eigenvalue weighted by Gasteiger charge is 2.21. The molecular formula is C21H20F2N8O. The van der Waals surface area contributed by atoms with Crippen molar-refractivity contribution in [3.05, 3.63) is 77.1 Å². The monoisotopic (exact) mass is 438 g/mol. The molecule has 0 fully saturated rings. The Morgan fingerprint density at radius 3 is 2.56 bits per heavy atom. The van der Waals surface area contributed by atoms with E-state index in [2.05, 4.69) is 31.3 Å². The van der Waals surface area contributed by atoms with Crippen LogP contribution in [0.1, 0.15) is 21.7 Å². The molecule has 0 saturated heterocycles. The zero-order chi connectivity index (χ0) is 22.7. The van der Waals surface area contributed by atoms with E-state index in [-0.39, 0.29) is 18.1 Å². The quantitative estimate of drug-likeness (QED) is 0.430. The van der Waals surface area contributed by atoms with Crippen molar-refractivity contribution in [1.29, 1.82) is 0 Å². The fourth-order valence-corrected chi connectivity index (χ4v) is 3.34. The summed E-state index contributed by atoms with van der Waals surface area (Å²) < 4.78 is 30.2. The van der Waals surface area contributed by atoms with Crippen molar-refractivity contribution in [2.45, 2.75) is 13.8 Å². The number of hydrogen-bond acceptors (Lipinski definition) is 6. The number of amides is 1. The SMILES string of the molecule is Cc1nn(-c2ccc(F)cc2F)c(C)c1C(=O)NCCNc1nnnn1-c1ccccc1. The number of carbonyl (C=O) groups excluding carboxylic acids is 1. The van der Waals surface area contributed by atoms with Crippen molar-refractivity contribution in [3.63, 3.8) is 0 Å². The molecule has 0 atom stereocenters. The Kier molecular flexibility index (Phi) is 5.88. The molecule has 0 radical (unpaired) electrons. The summed E-state index contributed by atoms with van der Waals surface area (Å²) >= 11 is 0. The zero-order valence-corrected chi connectivity index (χ0v) is 17.4. The number of benzene rings is 2. The third-order valence-corrected chi connectivity index (χ3v) is 4.82. The lowest BCUT2D eigenvalue weighted by atomic mass is 10.2. The van der Waals surface area contributed by atoms with E-state index in [4.69, 9.17) is 0 Å². The molecule has 0 aliphatic heterocycles. The number of tetrazole rings is 1. The first-order valence-corrected chi connectivity index (χ1v) is 9.83. The van der Waals surface area contributed by atoms with E-state index in [0.717, 1.165) is 17.8 Å². The van der Waals surface area contributed by atoms with Crippen molar-refractivity contribution in [2.24, 2.45) is 0 Å². The number of anilines is 1. The minimum atomic E-state index is -0.761. The van der Waals surface area contributed by atoms with Crippen LogP contribution < -0.4 is 10.6 Å². The van der Waals surface area contributed by atoms with E-state index in [1.807, 2.05) is 30.3 Å². The van der Waals surface area contributed by atoms with Gasteiger partial charge in [-0.2, -0.15) is 9.78 Å². The number of aryl methyl sites for hydroxylation is 1. The summed E-state index contributed by atoms with van der Waals surface area (Å²) in [6, 6.07) is 12.6. The average Bonchev–Trinajstić information content (AvgIpc) is 3.36. The topological polar surface area (TPSA) is 103 Å². The second-order valence-electron chi connectivity index (χ2n) is 6.99. The highest BCUT2D eigenvalue weighted by molar-refractivity contribution is 5.96. The first-order valence-electron chi connectivity index (χ1n) is 9.83. The maximum atomic E-state index is 14.2. The van der Waals surface area contributed by atoms with Crippen LogP contribution in [0.5, 0.6) is 0 Å². The smallest absolute Gasteiger partial charge is 0.255 e. The molecule has 2 heterocycles. The van der Waals surface area contributed by atoms with Gasteiger partial charge in [0.05, 0.1) is 22.6 Å². The molecule has 0 aliphatic carbocycles. The van der Waals surface area contributed by atoms with E-state index < -0.39 is 11.6 Å². The molecule has 32 heavy (non-hydrogen) atoms. The van der Waals surface area contributed by atoms with Gasteiger partial charge in [-0.05, 0) is 48.5 Å². The molecule has 0 aliphatic rings. The van der Waals surface area contributed by atoms with Gasteiger partial charge in [-0.15, -0.1) is 0 Å². The van der Waals surface area contributed by atoms with E-state index in [9.17, 15) is 13.6 Å². The lowest BCUT2D eigenvalue weighted by Crippen LogP contribution is -2.30. The van der Waals surface area contributed by atoms with Crippen molar-refractivity contribution in [1.82, 2.24) is 35.3 Å². The first-order chi connectivity index (χ1) is 15.5. The number of halogens is 2. The summed E-state index contributed by atoms with van der Waals surface area (Å²) in [7, 11) is 0. The van der Waals surface area contributed by atoms with Crippen LogP contribution in [0.2, 0.25) is 0 Å². The summed E-state index contributed by atoms with van der Waals surface area (Å²) in [4.78, 5) is 12.7. The minimum Gasteiger partial charge on any atom is -0.351 e. The fraction of sp³-hybridized carbons (Fsp3) is 0.190. The molecule has 4 aromatic rings. The third-order valence-electron chi connectivity index (χ3n) is 4.82. The van der Waals surface area contributed by atoms with Crippen LogP contribution in [0.15, 0.2) is 48.5 Å². The Labute approximate surface area is 182 Å². The zero-order valence-electron chi connectivity index (χ0n) is 17.4. The molecule has 9 nitrogen and oxygen atoms in total. The predicted octanol–water partition coefficient (Wildman–Crippen LogP) is 2.58. The van der Waals surface area contributed by atoms with Crippen molar-refractivity contribution < 1.29 is 13.6 Å². The van der Waals surface area contributed by atoms with Gasteiger partial charge >= 0.3 is 0 Å². The second kappa shape index (κ2) is 8.92. The van der Waals surface area contributed by atoms with Crippen LogP contribution in [0.4, 0.5) is 14.7 Å². The normalized spacial score (nSPS) is 10.9. The summed E-state index contributed by atoms with van der Waals surface area (Å²) in [5.74, 6) is -1.35. The Balaban J connectivity index is 1.41. The lowest BCUT2D eigenvalue weighted by Gasteiger charge is -2.09. The Morgan fingerprint density at radius 1 is 1.03 bits per heavy atom. The molecule has 4 rings (SSSR count). The Hall–Kier alpha value is -4.15. The van der Waals surface area contributed by atoms with Crippen LogP contribution in [0.3, 0.4) is 0 Å². The number of rotatable bonds is 7. The van der Waals surface area contributed by atoms with Gasteiger partial charge < -0.3 is 10.6 Å². The minimum absolute atomic E-state index is 0.0699. The number of carbonyl (C=O) groups is 1. The van der Waals surface area contributed by atoms with E-state index >= 15 is 0 Å². The van der Waals surface area contributed by atoms with Gasteiger partial charge in [0.1, 0.15) is 11.5 Å². The molecule has 2 N–H and O–H groups in total. The Morgan fingerprint density at radius 2 is 1.81 bits per heavy atom. The van der Waals surface area contributed by atoms with Crippen LogP contribution in [-0.4, -0.2) is 49.0 Å². The van der Waals surface area contributed by atoms with Crippen molar-refractivity contribution in [2.75, 3.05) is 18.4 Å². The van der Waals surface area contributed by atoms with Gasteiger partial charge in [0.2, 0.25) is 5.95 Å². The predicted molar refractivity (Wildman–Crippen MR) is 113 cm³/mol. The van der Waals surface area contributed by atoms with Crippen LogP contribution in [0.25, 0.3) is 11.4 Å². The summed E-state index contributed by atoms with van der Waals surface area (Å²) in [6.07, 6.45) is 0. The van der Waals surface area contributed by atoms with Crippen molar-refractivity contribution in [3.8, 4) is 11.4 Å². The van der Waals surface area contributed by atoms with Crippen LogP contribution in [-0.2, 0) is 0 Å². The molecule has 0 spiro atoms. The maximum absolute atomic E-state index is 14.2. The van der Waals surface area contributed by atoms with Gasteiger partial charge in [0.25, 0.3) is 5.91 Å². The number of hydrogen-bond donors (Lipinski definition) is 2. The molecule has 2 aromatic heterocycles. The van der Waals surface area contributed by atoms with E-state index in [1.54, 1.807) is 18.5 Å². The average molecular weight is 438 g/mol. The molecule has 164 valence electrons. The lowest BCUT2D eigenvalue weighted by molar-refractivity contribution is 0.0954. The number of nitrogens with one attached hydrogen (secondary N) is 2. The molecule has 11 heteroatoms. The van der Waals surface area contributed by atoms with Crippen LogP contribution in [0, 0.1) is 25.5 Å². The highest BCUT2D eigenvalue weighted by atomic mass is 19.1. The first kappa shape index (κ1) is 21.1. The summed E-state index contributed by atoms with van der Waals surface area (Å²) in [5, 5.41) is 21.7. The maximum Gasteiger partial charge on any atom is 0.255 e. The molecule has 0 unspecified atom stereocenters. The largest absolute Gasteiger partial charge is 0.351 e. The molecular weight excluding hydrogens is 418 g/mol. The van der Waals surface area contributed by atoms with E-state index in [1.165, 1.54) is 10.7 Å². The van der Waals surface area contributed by atoms with Gasteiger partial charge in [0, 0.05) is 19.2 Å². The van der Waals surface area contributed by atoms with Gasteiger partial charge in [-0.1, -0.05) is 23.3 Å². The molecule has 1 amide bonds. The van der Waals surface area contributed by atoms with Crippen LogP contribution >= 0.6 is 0 Å². The fourth-order valence-electron chi connectivity index (χ4n) is 3.34. The molecule has 0 bridgehead atoms. The molecule has 0 saturated carbocycles. The summed E-state index contributed by atoms with van der Waals surface area (Å²) in [6.45, 7) is 3.98. The number of aromatic nitrogens is 6. The van der Waals surface area contributed by atoms with E-state index in [0.29, 0.717) is 29.4 Å². The Bertz CT molecular complexity index is 1250. The van der Waals surface area contributed by atoms with Gasteiger partial charge in [-0.25, -0.2) is 13.5 Å². The number of para-hydroxylation sites is 1. The van der Waals surface area contributed by atoms with Gasteiger partial charge in [0.15, 0.2) is 5.82 Å². The standard InChI is InChI=1S/C21H20F2N8O/c1-13-19(14(2)30(27-13)18-9-8-15(22)12-17(18)23)20(32)24-10-11-25-21-26-28-29-31(21)16-6-4-3-5-7-16/h3-9,12H,10-11H2,1-2H3,(H,24,32)(H,25,26,29). The number of nitrogens with zero attached hydrogens (tertiary/aromatic N) is 6.